The zero-order valence-corrected chi connectivity index (χ0v) is 15.3. The molecule has 0 aliphatic carbocycles. The summed E-state index contributed by atoms with van der Waals surface area (Å²) in [4.78, 5) is 12.0. The summed E-state index contributed by atoms with van der Waals surface area (Å²) in [5.41, 5.74) is 2.13. The van der Waals surface area contributed by atoms with E-state index in [9.17, 15) is 23.3 Å². The van der Waals surface area contributed by atoms with Gasteiger partial charge in [0.2, 0.25) is 0 Å². The fraction of sp³-hybridized carbons (Fsp3) is 0.188. The maximum Gasteiger partial charge on any atom is 0.416 e. The number of hydrazone groups is 1. The number of benzene rings is 2. The lowest BCUT2D eigenvalue weighted by Gasteiger charge is -2.14. The number of nitro groups is 1. The Morgan fingerprint density at radius 3 is 2.46 bits per heavy atom. The largest absolute Gasteiger partial charge is 0.416 e. The van der Waals surface area contributed by atoms with E-state index in [4.69, 9.17) is 0 Å². The lowest BCUT2D eigenvalue weighted by molar-refractivity contribution is -0.384. The lowest BCUT2D eigenvalue weighted by Crippen LogP contribution is -2.09. The lowest BCUT2D eigenvalue weighted by atomic mass is 10.1. The van der Waals surface area contributed by atoms with Crippen molar-refractivity contribution in [3.63, 3.8) is 0 Å². The minimum absolute atomic E-state index is 0.136. The number of alkyl halides is 3. The molecule has 0 saturated heterocycles. The molecule has 2 rings (SSSR count). The van der Waals surface area contributed by atoms with Gasteiger partial charge < -0.3 is 4.90 Å². The second-order valence-electron chi connectivity index (χ2n) is 5.46. The quantitative estimate of drug-likeness (QED) is 0.416. The van der Waals surface area contributed by atoms with Gasteiger partial charge in [-0.2, -0.15) is 18.3 Å². The van der Waals surface area contributed by atoms with Crippen LogP contribution in [0.15, 0.2) is 46.0 Å². The molecule has 0 aliphatic rings. The van der Waals surface area contributed by atoms with Crippen LogP contribution in [0.5, 0.6) is 0 Å². The molecule has 0 unspecified atom stereocenters. The van der Waals surface area contributed by atoms with Gasteiger partial charge in [0.15, 0.2) is 0 Å². The predicted molar refractivity (Wildman–Crippen MR) is 97.8 cm³/mol. The summed E-state index contributed by atoms with van der Waals surface area (Å²) in [6.07, 6.45) is -3.25. The van der Waals surface area contributed by atoms with Crippen LogP contribution >= 0.6 is 15.9 Å². The third kappa shape index (κ3) is 4.72. The van der Waals surface area contributed by atoms with Crippen LogP contribution in [-0.4, -0.2) is 25.2 Å². The Morgan fingerprint density at radius 2 is 1.92 bits per heavy atom. The summed E-state index contributed by atoms with van der Waals surface area (Å²) < 4.78 is 38.9. The number of nitrogens with zero attached hydrogens (tertiary/aromatic N) is 3. The molecule has 10 heteroatoms. The molecule has 0 radical (unpaired) electrons. The molecule has 0 saturated carbocycles. The molecular formula is C16H14BrF3N4O2. The average molecular weight is 431 g/mol. The van der Waals surface area contributed by atoms with Crippen LogP contribution in [0.3, 0.4) is 0 Å². The molecule has 0 atom stereocenters. The molecule has 0 bridgehead atoms. The average Bonchev–Trinajstić information content (AvgIpc) is 2.53. The van der Waals surface area contributed by atoms with Crippen LogP contribution in [0.25, 0.3) is 0 Å². The first-order valence-electron chi connectivity index (χ1n) is 7.21. The summed E-state index contributed by atoms with van der Waals surface area (Å²) in [6.45, 7) is 0. The molecule has 2 aromatic rings. The maximum absolute atomic E-state index is 12.7. The normalized spacial score (nSPS) is 11.6. The van der Waals surface area contributed by atoms with E-state index in [0.29, 0.717) is 11.6 Å². The number of halogens is 4. The Hall–Kier alpha value is -2.62. The summed E-state index contributed by atoms with van der Waals surface area (Å²) >= 11 is 3.42. The summed E-state index contributed by atoms with van der Waals surface area (Å²) in [5, 5.41) is 14.9. The van der Waals surface area contributed by atoms with Crippen LogP contribution in [0, 0.1) is 10.1 Å². The van der Waals surface area contributed by atoms with Gasteiger partial charge in [0.25, 0.3) is 5.69 Å². The highest BCUT2D eigenvalue weighted by Crippen LogP contribution is 2.35. The molecule has 0 spiro atoms. The Balaban J connectivity index is 2.22. The molecule has 0 heterocycles. The molecule has 0 aromatic heterocycles. The van der Waals surface area contributed by atoms with Crippen molar-refractivity contribution < 1.29 is 18.1 Å². The van der Waals surface area contributed by atoms with Gasteiger partial charge >= 0.3 is 6.18 Å². The Kier molecular flexibility index (Phi) is 5.86. The first-order chi connectivity index (χ1) is 12.1. The van der Waals surface area contributed by atoms with Gasteiger partial charge in [0.1, 0.15) is 5.69 Å². The number of nitrogens with one attached hydrogen (secondary N) is 1. The third-order valence-corrected chi connectivity index (χ3v) is 4.01. The van der Waals surface area contributed by atoms with Crippen molar-refractivity contribution in [2.24, 2.45) is 5.10 Å². The van der Waals surface area contributed by atoms with Crippen LogP contribution in [0.2, 0.25) is 0 Å². The van der Waals surface area contributed by atoms with Gasteiger partial charge in [-0.1, -0.05) is 6.07 Å². The van der Waals surface area contributed by atoms with E-state index in [1.807, 2.05) is 25.1 Å². The smallest absolute Gasteiger partial charge is 0.377 e. The number of hydrogen-bond donors (Lipinski definition) is 1. The first-order valence-corrected chi connectivity index (χ1v) is 8.00. The van der Waals surface area contributed by atoms with Gasteiger partial charge in [-0.15, -0.1) is 0 Å². The SMILES string of the molecule is CN(C)c1ccc(/C=N\Nc2ccc(C(F)(F)F)cc2[N+](=O)[O-])cc1Br. The fourth-order valence-electron chi connectivity index (χ4n) is 2.10. The molecular weight excluding hydrogens is 417 g/mol. The van der Waals surface area contributed by atoms with Gasteiger partial charge in [-0.3, -0.25) is 15.5 Å². The minimum atomic E-state index is -4.66. The molecule has 6 nitrogen and oxygen atoms in total. The molecule has 138 valence electrons. The van der Waals surface area contributed by atoms with E-state index in [1.165, 1.54) is 6.21 Å². The predicted octanol–water partition coefficient (Wildman–Crippen LogP) is 4.89. The van der Waals surface area contributed by atoms with Crippen molar-refractivity contribution in [1.29, 1.82) is 0 Å². The Morgan fingerprint density at radius 1 is 1.23 bits per heavy atom. The number of anilines is 2. The van der Waals surface area contributed by atoms with Crippen LogP contribution < -0.4 is 10.3 Å². The summed E-state index contributed by atoms with van der Waals surface area (Å²) in [6, 6.07) is 7.64. The molecule has 0 aliphatic heterocycles. The summed E-state index contributed by atoms with van der Waals surface area (Å²) in [7, 11) is 3.78. The van der Waals surface area contributed by atoms with E-state index in [2.05, 4.69) is 26.5 Å². The van der Waals surface area contributed by atoms with Gasteiger partial charge in [0, 0.05) is 24.6 Å². The van der Waals surface area contributed by atoms with Crippen molar-refractivity contribution in [3.05, 3.63) is 62.1 Å². The van der Waals surface area contributed by atoms with Crippen molar-refractivity contribution in [2.75, 3.05) is 24.4 Å². The monoisotopic (exact) mass is 430 g/mol. The van der Waals surface area contributed by atoms with Crippen molar-refractivity contribution >= 4 is 39.2 Å². The van der Waals surface area contributed by atoms with Crippen molar-refractivity contribution in [1.82, 2.24) is 0 Å². The maximum atomic E-state index is 12.7. The highest BCUT2D eigenvalue weighted by Gasteiger charge is 2.33. The topological polar surface area (TPSA) is 70.8 Å². The minimum Gasteiger partial charge on any atom is -0.377 e. The molecule has 1 N–H and O–H groups in total. The van der Waals surface area contributed by atoms with E-state index >= 15 is 0 Å². The van der Waals surface area contributed by atoms with Gasteiger partial charge in [-0.05, 0) is 45.8 Å². The number of rotatable bonds is 5. The van der Waals surface area contributed by atoms with E-state index in [0.717, 1.165) is 22.3 Å². The van der Waals surface area contributed by atoms with E-state index in [1.54, 1.807) is 12.1 Å². The molecule has 2 aromatic carbocycles. The van der Waals surface area contributed by atoms with E-state index in [-0.39, 0.29) is 5.69 Å². The zero-order valence-electron chi connectivity index (χ0n) is 13.7. The number of hydrogen-bond acceptors (Lipinski definition) is 5. The third-order valence-electron chi connectivity index (χ3n) is 3.37. The van der Waals surface area contributed by atoms with Gasteiger partial charge in [-0.25, -0.2) is 0 Å². The molecule has 26 heavy (non-hydrogen) atoms. The van der Waals surface area contributed by atoms with Crippen molar-refractivity contribution in [2.45, 2.75) is 6.18 Å². The Labute approximate surface area is 155 Å². The van der Waals surface area contributed by atoms with Crippen LogP contribution in [0.1, 0.15) is 11.1 Å². The highest BCUT2D eigenvalue weighted by atomic mass is 79.9. The molecule has 0 amide bonds. The van der Waals surface area contributed by atoms with Crippen molar-refractivity contribution in [3.8, 4) is 0 Å². The first kappa shape index (κ1) is 19.7. The fourth-order valence-corrected chi connectivity index (χ4v) is 2.85. The summed E-state index contributed by atoms with van der Waals surface area (Å²) in [5.74, 6) is 0. The zero-order chi connectivity index (χ0) is 19.5. The van der Waals surface area contributed by atoms with Crippen LogP contribution in [0.4, 0.5) is 30.2 Å². The highest BCUT2D eigenvalue weighted by molar-refractivity contribution is 9.10. The second kappa shape index (κ2) is 7.73. The van der Waals surface area contributed by atoms with E-state index < -0.39 is 22.4 Å². The van der Waals surface area contributed by atoms with Gasteiger partial charge in [0.05, 0.1) is 22.4 Å². The Bertz CT molecular complexity index is 854. The standard InChI is InChI=1S/C16H14BrF3N4O2/c1-23(2)14-6-3-10(7-12(14)17)9-21-22-13-5-4-11(16(18,19)20)8-15(13)24(25)26/h3-9,22H,1-2H3/b21-9-. The van der Waals surface area contributed by atoms with Crippen LogP contribution in [-0.2, 0) is 6.18 Å². The second-order valence-corrected chi connectivity index (χ2v) is 6.32. The molecule has 0 fully saturated rings. The number of nitro benzene ring substituents is 1.